The topological polar surface area (TPSA) is 76.8 Å². The van der Waals surface area contributed by atoms with Gasteiger partial charge >= 0.3 is 0 Å². The van der Waals surface area contributed by atoms with Gasteiger partial charge in [0, 0.05) is 12.4 Å². The molecule has 2 heterocycles. The van der Waals surface area contributed by atoms with Crippen molar-refractivity contribution in [3.8, 4) is 28.4 Å². The van der Waals surface area contributed by atoms with E-state index in [0.29, 0.717) is 10.5 Å². The molecule has 8 heteroatoms. The van der Waals surface area contributed by atoms with Crippen LogP contribution in [0.3, 0.4) is 0 Å². The van der Waals surface area contributed by atoms with Crippen LogP contribution in [0.25, 0.3) is 22.6 Å². The van der Waals surface area contributed by atoms with Gasteiger partial charge in [-0.25, -0.2) is 4.68 Å². The normalized spacial score (nSPS) is 12.0. The molecular formula is C27H23N5O2S. The van der Waals surface area contributed by atoms with E-state index in [4.69, 9.17) is 0 Å². The molecule has 0 radical (unpaired) electrons. The lowest BCUT2D eigenvalue weighted by Gasteiger charge is -2.08. The van der Waals surface area contributed by atoms with Crippen LogP contribution in [0.15, 0.2) is 105 Å². The van der Waals surface area contributed by atoms with E-state index in [0.717, 1.165) is 28.2 Å². The maximum absolute atomic E-state index is 13.8. The van der Waals surface area contributed by atoms with Crippen molar-refractivity contribution in [1.82, 2.24) is 13.9 Å². The van der Waals surface area contributed by atoms with Gasteiger partial charge in [0.2, 0.25) is 4.80 Å². The average Bonchev–Trinajstić information content (AvgIpc) is 3.39. The SMILES string of the molecule is Cc1c(-n2c(-c3ccccc3)csc2=NN=Cc2ccc(O)cc2)c(=O)n(-c2ccccc2)n1C. The molecule has 5 rings (SSSR count). The second-order valence-corrected chi connectivity index (χ2v) is 8.79. The minimum Gasteiger partial charge on any atom is -0.508 e. The van der Waals surface area contributed by atoms with Gasteiger partial charge in [-0.1, -0.05) is 48.5 Å². The molecule has 0 fully saturated rings. The van der Waals surface area contributed by atoms with Gasteiger partial charge in [-0.2, -0.15) is 5.10 Å². The molecule has 0 aliphatic carbocycles. The monoisotopic (exact) mass is 481 g/mol. The standard InChI is InChI=1S/C27H23N5O2S/c1-19-25(26(34)32(30(19)2)22-11-7-4-8-12-22)31-24(21-9-5-3-6-10-21)18-35-27(31)29-28-17-20-13-15-23(33)16-14-20/h3-18,33H,1-2H3. The maximum atomic E-state index is 13.8. The summed E-state index contributed by atoms with van der Waals surface area (Å²) < 4.78 is 5.40. The smallest absolute Gasteiger partial charge is 0.296 e. The molecule has 35 heavy (non-hydrogen) atoms. The zero-order chi connectivity index (χ0) is 24.4. The second-order valence-electron chi connectivity index (χ2n) is 7.95. The summed E-state index contributed by atoms with van der Waals surface area (Å²) in [6, 6.07) is 26.2. The van der Waals surface area contributed by atoms with E-state index in [1.165, 1.54) is 11.3 Å². The molecule has 1 N–H and O–H groups in total. The number of thiazole rings is 1. The summed E-state index contributed by atoms with van der Waals surface area (Å²) in [7, 11) is 1.88. The van der Waals surface area contributed by atoms with E-state index in [1.807, 2.05) is 89.3 Å². The summed E-state index contributed by atoms with van der Waals surface area (Å²) in [5.41, 5.74) is 4.61. The van der Waals surface area contributed by atoms with E-state index in [2.05, 4.69) is 10.2 Å². The number of nitrogens with zero attached hydrogens (tertiary/aromatic N) is 5. The molecule has 0 aliphatic rings. The van der Waals surface area contributed by atoms with Crippen molar-refractivity contribution < 1.29 is 5.11 Å². The third-order valence-electron chi connectivity index (χ3n) is 5.77. The van der Waals surface area contributed by atoms with Crippen molar-refractivity contribution in [3.05, 3.63) is 117 Å². The highest BCUT2D eigenvalue weighted by Crippen LogP contribution is 2.24. The third kappa shape index (κ3) is 4.27. The fraction of sp³-hybridized carbons (Fsp3) is 0.0741. The lowest BCUT2D eigenvalue weighted by atomic mass is 10.1. The van der Waals surface area contributed by atoms with E-state index in [-0.39, 0.29) is 11.3 Å². The second kappa shape index (κ2) is 9.44. The number of aromatic hydroxyl groups is 1. The first-order valence-corrected chi connectivity index (χ1v) is 11.9. The molecule has 0 spiro atoms. The summed E-state index contributed by atoms with van der Waals surface area (Å²) in [4.78, 5) is 14.4. The van der Waals surface area contributed by atoms with Crippen LogP contribution < -0.4 is 10.4 Å². The molecule has 0 amide bonds. The van der Waals surface area contributed by atoms with Gasteiger partial charge in [-0.05, 0) is 54.4 Å². The van der Waals surface area contributed by atoms with Crippen LogP contribution >= 0.6 is 11.3 Å². The van der Waals surface area contributed by atoms with Crippen LogP contribution in [0, 0.1) is 6.92 Å². The van der Waals surface area contributed by atoms with Crippen LogP contribution in [0.2, 0.25) is 0 Å². The van der Waals surface area contributed by atoms with Crippen LogP contribution in [0.4, 0.5) is 0 Å². The minimum atomic E-state index is -0.143. The number of phenols is 1. The summed E-state index contributed by atoms with van der Waals surface area (Å²) >= 11 is 1.42. The molecule has 3 aromatic carbocycles. The fourth-order valence-corrected chi connectivity index (χ4v) is 4.77. The Labute approximate surface area is 205 Å². The Hall–Kier alpha value is -4.43. The van der Waals surface area contributed by atoms with Crippen molar-refractivity contribution >= 4 is 17.6 Å². The summed E-state index contributed by atoms with van der Waals surface area (Å²) in [5, 5.41) is 20.2. The number of phenolic OH excluding ortho intramolecular Hbond substituents is 1. The molecule has 0 saturated heterocycles. The van der Waals surface area contributed by atoms with Crippen LogP contribution in [0.5, 0.6) is 5.75 Å². The molecule has 0 bridgehead atoms. The molecule has 5 aromatic rings. The summed E-state index contributed by atoms with van der Waals surface area (Å²) in [6.07, 6.45) is 1.62. The lowest BCUT2D eigenvalue weighted by molar-refractivity contribution is 0.475. The number of aromatic nitrogens is 3. The first-order chi connectivity index (χ1) is 17.0. The Balaban J connectivity index is 1.72. The van der Waals surface area contributed by atoms with Gasteiger partial charge in [-0.3, -0.25) is 14.0 Å². The largest absolute Gasteiger partial charge is 0.508 e. The van der Waals surface area contributed by atoms with Crippen molar-refractivity contribution in [2.45, 2.75) is 6.92 Å². The van der Waals surface area contributed by atoms with Crippen molar-refractivity contribution in [3.63, 3.8) is 0 Å². The van der Waals surface area contributed by atoms with E-state index < -0.39 is 0 Å². The molecule has 0 unspecified atom stereocenters. The highest BCUT2D eigenvalue weighted by Gasteiger charge is 2.21. The minimum absolute atomic E-state index is 0.143. The van der Waals surface area contributed by atoms with Crippen molar-refractivity contribution in [2.75, 3.05) is 0 Å². The van der Waals surface area contributed by atoms with Gasteiger partial charge in [0.25, 0.3) is 5.56 Å². The van der Waals surface area contributed by atoms with E-state index in [9.17, 15) is 9.90 Å². The summed E-state index contributed by atoms with van der Waals surface area (Å²) in [5.74, 6) is 0.192. The molecule has 174 valence electrons. The Kier molecular flexibility index (Phi) is 6.03. The number of hydrogen-bond acceptors (Lipinski definition) is 5. The Morgan fingerprint density at radius 3 is 2.26 bits per heavy atom. The Bertz CT molecular complexity index is 1620. The van der Waals surface area contributed by atoms with Gasteiger partial charge < -0.3 is 5.11 Å². The fourth-order valence-electron chi connectivity index (χ4n) is 3.92. The first kappa shape index (κ1) is 22.4. The highest BCUT2D eigenvalue weighted by atomic mass is 32.1. The highest BCUT2D eigenvalue weighted by molar-refractivity contribution is 7.07. The lowest BCUT2D eigenvalue weighted by Crippen LogP contribution is -2.24. The molecule has 0 saturated carbocycles. The molecule has 0 atom stereocenters. The number of para-hydroxylation sites is 1. The zero-order valence-corrected chi connectivity index (χ0v) is 20.1. The van der Waals surface area contributed by atoms with Gasteiger partial charge in [0.1, 0.15) is 11.4 Å². The average molecular weight is 482 g/mol. The number of benzene rings is 3. The van der Waals surface area contributed by atoms with Crippen LogP contribution in [0.1, 0.15) is 11.3 Å². The van der Waals surface area contributed by atoms with Gasteiger partial charge in [-0.15, -0.1) is 16.4 Å². The third-order valence-corrected chi connectivity index (χ3v) is 6.58. The maximum Gasteiger partial charge on any atom is 0.296 e. The summed E-state index contributed by atoms with van der Waals surface area (Å²) in [6.45, 7) is 1.93. The number of hydrogen-bond donors (Lipinski definition) is 1. The first-order valence-electron chi connectivity index (χ1n) is 11.0. The predicted molar refractivity (Wildman–Crippen MR) is 140 cm³/mol. The molecule has 2 aromatic heterocycles. The van der Waals surface area contributed by atoms with Crippen molar-refractivity contribution in [1.29, 1.82) is 0 Å². The number of rotatable bonds is 5. The van der Waals surface area contributed by atoms with E-state index in [1.54, 1.807) is 35.2 Å². The zero-order valence-electron chi connectivity index (χ0n) is 19.2. The molecule has 0 aliphatic heterocycles. The molecule has 7 nitrogen and oxygen atoms in total. The Morgan fingerprint density at radius 2 is 1.57 bits per heavy atom. The quantitative estimate of drug-likeness (QED) is 0.293. The van der Waals surface area contributed by atoms with Crippen LogP contribution in [-0.4, -0.2) is 25.3 Å². The van der Waals surface area contributed by atoms with Gasteiger partial charge in [0.05, 0.1) is 23.3 Å². The van der Waals surface area contributed by atoms with E-state index >= 15 is 0 Å². The predicted octanol–water partition coefficient (Wildman–Crippen LogP) is 4.64. The molecular weight excluding hydrogens is 458 g/mol. The van der Waals surface area contributed by atoms with Crippen molar-refractivity contribution in [2.24, 2.45) is 17.3 Å². The Morgan fingerprint density at radius 1 is 0.914 bits per heavy atom. The van der Waals surface area contributed by atoms with Crippen LogP contribution in [-0.2, 0) is 7.05 Å². The van der Waals surface area contributed by atoms with Gasteiger partial charge in [0.15, 0.2) is 0 Å².